The first-order valence-corrected chi connectivity index (χ1v) is 20.1. The molecule has 0 atom stereocenters. The van der Waals surface area contributed by atoms with Gasteiger partial charge in [-0.05, 0) is 119 Å². The van der Waals surface area contributed by atoms with Crippen molar-refractivity contribution < 1.29 is 0 Å². The zero-order chi connectivity index (χ0) is 35.3. The summed E-state index contributed by atoms with van der Waals surface area (Å²) in [5, 5.41) is 15.5. The van der Waals surface area contributed by atoms with Crippen molar-refractivity contribution in [3.8, 4) is 33.4 Å². The maximum absolute atomic E-state index is 2.51. The van der Waals surface area contributed by atoms with E-state index in [0.29, 0.717) is 0 Å². The molecule has 0 aliphatic rings. The smallest absolute Gasteiger partial charge is 0.0361 e. The zero-order valence-corrected chi connectivity index (χ0v) is 30.8. The fourth-order valence-corrected chi connectivity index (χ4v) is 11.3. The topological polar surface area (TPSA) is 0 Å². The van der Waals surface area contributed by atoms with Gasteiger partial charge in [0.2, 0.25) is 0 Å². The van der Waals surface area contributed by atoms with Crippen LogP contribution in [-0.2, 0) is 0 Å². The molecule has 0 N–H and O–H groups in total. The molecule has 10 aromatic carbocycles. The lowest BCUT2D eigenvalue weighted by atomic mass is 9.83. The first-order valence-electron chi connectivity index (χ1n) is 18.5. The Balaban J connectivity index is 1.26. The molecule has 2 heteroatoms. The van der Waals surface area contributed by atoms with Crippen LogP contribution in [0.4, 0.5) is 0 Å². The van der Waals surface area contributed by atoms with E-state index in [4.69, 9.17) is 0 Å². The zero-order valence-electron chi connectivity index (χ0n) is 29.1. The molecule has 250 valence electrons. The van der Waals surface area contributed by atoms with Crippen molar-refractivity contribution in [1.82, 2.24) is 0 Å². The van der Waals surface area contributed by atoms with E-state index in [1.165, 1.54) is 117 Å². The van der Waals surface area contributed by atoms with Gasteiger partial charge in [-0.15, -0.1) is 22.7 Å². The Kier molecular flexibility index (Phi) is 6.48. The predicted molar refractivity (Wildman–Crippen MR) is 239 cm³/mol. The third-order valence-electron chi connectivity index (χ3n) is 11.4. The van der Waals surface area contributed by atoms with Crippen molar-refractivity contribution in [2.75, 3.05) is 0 Å². The normalized spacial score (nSPS) is 12.1. The van der Waals surface area contributed by atoms with Crippen LogP contribution in [0.3, 0.4) is 0 Å². The molecule has 0 nitrogen and oxygen atoms in total. The van der Waals surface area contributed by atoms with Crippen molar-refractivity contribution in [2.45, 2.75) is 0 Å². The van der Waals surface area contributed by atoms with Crippen LogP contribution in [0, 0.1) is 0 Å². The maximum atomic E-state index is 2.51. The summed E-state index contributed by atoms with van der Waals surface area (Å²) in [5.74, 6) is 0. The number of hydrogen-bond donors (Lipinski definition) is 0. The number of thiophene rings is 2. The average molecular weight is 719 g/mol. The molecule has 0 saturated carbocycles. The molecule has 12 aromatic rings. The first-order chi connectivity index (χ1) is 26.8. The highest BCUT2D eigenvalue weighted by Crippen LogP contribution is 2.49. The van der Waals surface area contributed by atoms with Gasteiger partial charge < -0.3 is 0 Å². The summed E-state index contributed by atoms with van der Waals surface area (Å²) in [5.41, 5.74) is 7.59. The van der Waals surface area contributed by atoms with Crippen LogP contribution in [0.15, 0.2) is 182 Å². The third kappa shape index (κ3) is 4.42. The molecule has 0 unspecified atom stereocenters. The molecule has 12 rings (SSSR count). The van der Waals surface area contributed by atoms with E-state index in [0.717, 1.165) is 0 Å². The van der Waals surface area contributed by atoms with Crippen LogP contribution in [0.1, 0.15) is 0 Å². The van der Waals surface area contributed by atoms with Crippen molar-refractivity contribution in [1.29, 1.82) is 0 Å². The standard InChI is InChI=1S/C52H30S2/c1-2-12-31(13-3-1)42-26-32-14-4-5-15-35(32)43-29-45-46(30-44(42)43)52(34-23-25-39-37-17-9-11-21-48(37)54-50(39)28-34)41-19-7-6-18-40(41)51(45)33-22-24-38-36-16-8-10-20-47(36)53-49(38)27-33/h1-30H. The molecular formula is C52H30S2. The Morgan fingerprint density at radius 3 is 1.30 bits per heavy atom. The second-order valence-corrected chi connectivity index (χ2v) is 16.5. The quantitative estimate of drug-likeness (QED) is 0.126. The molecule has 0 amide bonds. The van der Waals surface area contributed by atoms with Crippen molar-refractivity contribution >= 4 is 106 Å². The fourth-order valence-electron chi connectivity index (χ4n) is 9.01. The monoisotopic (exact) mass is 718 g/mol. The highest BCUT2D eigenvalue weighted by molar-refractivity contribution is 7.26. The molecule has 0 bridgehead atoms. The van der Waals surface area contributed by atoms with Gasteiger partial charge in [-0.1, -0.05) is 140 Å². The third-order valence-corrected chi connectivity index (χ3v) is 13.7. The minimum atomic E-state index is 1.23. The number of hydrogen-bond acceptors (Lipinski definition) is 2. The average Bonchev–Trinajstić information content (AvgIpc) is 3.79. The molecule has 0 aliphatic carbocycles. The molecule has 54 heavy (non-hydrogen) atoms. The molecule has 0 aliphatic heterocycles. The molecular weight excluding hydrogens is 689 g/mol. The van der Waals surface area contributed by atoms with Crippen molar-refractivity contribution in [3.63, 3.8) is 0 Å². The number of fused-ring (bicyclic) bond motifs is 11. The Morgan fingerprint density at radius 2 is 0.704 bits per heavy atom. The molecule has 2 aromatic heterocycles. The van der Waals surface area contributed by atoms with E-state index in [2.05, 4.69) is 182 Å². The number of benzene rings is 10. The molecule has 0 radical (unpaired) electrons. The van der Waals surface area contributed by atoms with E-state index in [9.17, 15) is 0 Å². The number of rotatable bonds is 3. The largest absolute Gasteiger partial charge is 0.135 e. The highest BCUT2D eigenvalue weighted by atomic mass is 32.1. The second kappa shape index (κ2) is 11.6. The van der Waals surface area contributed by atoms with Crippen LogP contribution in [0.25, 0.3) is 117 Å². The van der Waals surface area contributed by atoms with Crippen molar-refractivity contribution in [2.24, 2.45) is 0 Å². The fraction of sp³-hybridized carbons (Fsp3) is 0. The van der Waals surface area contributed by atoms with Gasteiger partial charge in [0.05, 0.1) is 0 Å². The molecule has 0 spiro atoms. The Hall–Kier alpha value is -6.32. The lowest BCUT2D eigenvalue weighted by molar-refractivity contribution is 1.67. The summed E-state index contributed by atoms with van der Waals surface area (Å²) in [7, 11) is 0. The Bertz CT molecular complexity index is 3490. The van der Waals surface area contributed by atoms with Gasteiger partial charge in [-0.2, -0.15) is 0 Å². The summed E-state index contributed by atoms with van der Waals surface area (Å²) in [4.78, 5) is 0. The van der Waals surface area contributed by atoms with Gasteiger partial charge in [0.15, 0.2) is 0 Å². The Morgan fingerprint density at radius 1 is 0.241 bits per heavy atom. The van der Waals surface area contributed by atoms with Crippen LogP contribution in [0.2, 0.25) is 0 Å². The van der Waals surface area contributed by atoms with E-state index in [-0.39, 0.29) is 0 Å². The highest BCUT2D eigenvalue weighted by Gasteiger charge is 2.21. The van der Waals surface area contributed by atoms with Gasteiger partial charge in [-0.25, -0.2) is 0 Å². The van der Waals surface area contributed by atoms with Gasteiger partial charge in [0.1, 0.15) is 0 Å². The van der Waals surface area contributed by atoms with Gasteiger partial charge >= 0.3 is 0 Å². The van der Waals surface area contributed by atoms with E-state index in [1.54, 1.807) is 0 Å². The van der Waals surface area contributed by atoms with Gasteiger partial charge in [-0.3, -0.25) is 0 Å². The summed E-state index contributed by atoms with van der Waals surface area (Å²) < 4.78 is 5.30. The van der Waals surface area contributed by atoms with Crippen LogP contribution < -0.4 is 0 Å². The van der Waals surface area contributed by atoms with Crippen molar-refractivity contribution in [3.05, 3.63) is 182 Å². The molecule has 0 saturated heterocycles. The van der Waals surface area contributed by atoms with Gasteiger partial charge in [0.25, 0.3) is 0 Å². The summed E-state index contributed by atoms with van der Waals surface area (Å²) in [6.45, 7) is 0. The first kappa shape index (κ1) is 30.2. The SMILES string of the molecule is c1ccc(-c2cc3ccccc3c3cc4c(-c5ccc6c(c5)sc5ccccc56)c5ccccc5c(-c5ccc6c(c5)sc5ccccc56)c4cc23)cc1. The van der Waals surface area contributed by atoms with Crippen LogP contribution >= 0.6 is 22.7 Å². The maximum Gasteiger partial charge on any atom is 0.0361 e. The van der Waals surface area contributed by atoms with Gasteiger partial charge in [0, 0.05) is 40.3 Å². The molecule has 2 heterocycles. The van der Waals surface area contributed by atoms with E-state index < -0.39 is 0 Å². The lowest BCUT2D eigenvalue weighted by Gasteiger charge is -2.20. The molecule has 0 fully saturated rings. The predicted octanol–water partition coefficient (Wildman–Crippen LogP) is 16.0. The van der Waals surface area contributed by atoms with E-state index in [1.807, 2.05) is 22.7 Å². The minimum absolute atomic E-state index is 1.23. The second-order valence-electron chi connectivity index (χ2n) is 14.4. The summed E-state index contributed by atoms with van der Waals surface area (Å²) in [6, 6.07) is 68.1. The summed E-state index contributed by atoms with van der Waals surface area (Å²) >= 11 is 3.78. The lowest BCUT2D eigenvalue weighted by Crippen LogP contribution is -1.93. The summed E-state index contributed by atoms with van der Waals surface area (Å²) in [6.07, 6.45) is 0. The van der Waals surface area contributed by atoms with Crippen LogP contribution in [0.5, 0.6) is 0 Å². The minimum Gasteiger partial charge on any atom is -0.135 e. The Labute approximate surface area is 319 Å². The van der Waals surface area contributed by atoms with E-state index >= 15 is 0 Å². The van der Waals surface area contributed by atoms with Crippen LogP contribution in [-0.4, -0.2) is 0 Å².